The topological polar surface area (TPSA) is 26.7 Å². The van der Waals surface area contributed by atoms with Gasteiger partial charge < -0.3 is 10.0 Å². The number of aromatic hydroxyl groups is 1. The molecule has 1 fully saturated rings. The molecule has 118 valence electrons. The van der Waals surface area contributed by atoms with Crippen molar-refractivity contribution < 1.29 is 18.3 Å². The van der Waals surface area contributed by atoms with Crippen LogP contribution in [0.1, 0.15) is 24.0 Å². The molecule has 1 aliphatic rings. The monoisotopic (exact) mass is 302 g/mol. The molecular formula is C15H21F3N2O. The summed E-state index contributed by atoms with van der Waals surface area (Å²) in [6.07, 6.45) is -2.47. The first kappa shape index (κ1) is 16.1. The molecule has 1 N–H and O–H groups in total. The van der Waals surface area contributed by atoms with Crippen LogP contribution in [0.25, 0.3) is 0 Å². The molecular weight excluding hydrogens is 281 g/mol. The quantitative estimate of drug-likeness (QED) is 0.930. The predicted molar refractivity (Wildman–Crippen MR) is 75.1 cm³/mol. The highest BCUT2D eigenvalue weighted by molar-refractivity contribution is 5.38. The Morgan fingerprint density at radius 2 is 1.86 bits per heavy atom. The lowest BCUT2D eigenvalue weighted by molar-refractivity contribution is -0.138. The predicted octanol–water partition coefficient (Wildman–Crippen LogP) is 2.94. The number of halogens is 3. The highest BCUT2D eigenvalue weighted by Crippen LogP contribution is 2.36. The summed E-state index contributed by atoms with van der Waals surface area (Å²) < 4.78 is 38.3. The molecule has 3 nitrogen and oxygen atoms in total. The molecule has 0 aromatic heterocycles. The van der Waals surface area contributed by atoms with Crippen molar-refractivity contribution in [1.82, 2.24) is 9.80 Å². The number of benzene rings is 1. The van der Waals surface area contributed by atoms with Crippen molar-refractivity contribution in [3.8, 4) is 5.75 Å². The van der Waals surface area contributed by atoms with Gasteiger partial charge >= 0.3 is 6.18 Å². The largest absolute Gasteiger partial charge is 0.507 e. The first-order chi connectivity index (χ1) is 9.77. The van der Waals surface area contributed by atoms with Crippen LogP contribution >= 0.6 is 0 Å². The molecule has 0 atom stereocenters. The van der Waals surface area contributed by atoms with Crippen LogP contribution in [0.4, 0.5) is 13.2 Å². The minimum absolute atomic E-state index is 0.490. The second-order valence-electron chi connectivity index (χ2n) is 5.82. The summed E-state index contributed by atoms with van der Waals surface area (Å²) in [4.78, 5) is 4.35. The van der Waals surface area contributed by atoms with E-state index in [-0.39, 0.29) is 0 Å². The van der Waals surface area contributed by atoms with E-state index in [1.165, 1.54) is 0 Å². The third-order valence-corrected chi connectivity index (χ3v) is 4.06. The van der Waals surface area contributed by atoms with Gasteiger partial charge in [-0.15, -0.1) is 0 Å². The van der Waals surface area contributed by atoms with E-state index in [0.717, 1.165) is 38.1 Å². The highest BCUT2D eigenvalue weighted by atomic mass is 19.4. The van der Waals surface area contributed by atoms with Crippen LogP contribution < -0.4 is 0 Å². The van der Waals surface area contributed by atoms with E-state index >= 15 is 0 Å². The number of rotatable bonds is 3. The van der Waals surface area contributed by atoms with Crippen LogP contribution in [0, 0.1) is 0 Å². The smallest absolute Gasteiger partial charge is 0.419 e. The van der Waals surface area contributed by atoms with Crippen molar-refractivity contribution in [2.45, 2.75) is 31.6 Å². The van der Waals surface area contributed by atoms with E-state index < -0.39 is 17.5 Å². The van der Waals surface area contributed by atoms with Crippen molar-refractivity contribution >= 4 is 0 Å². The fourth-order valence-electron chi connectivity index (χ4n) is 2.76. The van der Waals surface area contributed by atoms with Gasteiger partial charge in [-0.2, -0.15) is 13.2 Å². The molecule has 0 unspecified atom stereocenters. The van der Waals surface area contributed by atoms with E-state index in [1.807, 2.05) is 0 Å². The third-order valence-electron chi connectivity index (χ3n) is 4.06. The van der Waals surface area contributed by atoms with Crippen LogP contribution in [0.2, 0.25) is 0 Å². The summed E-state index contributed by atoms with van der Waals surface area (Å²) >= 11 is 0. The Morgan fingerprint density at radius 3 is 2.38 bits per heavy atom. The lowest BCUT2D eigenvalue weighted by Gasteiger charge is -2.35. The van der Waals surface area contributed by atoms with E-state index in [0.29, 0.717) is 18.2 Å². The summed E-state index contributed by atoms with van der Waals surface area (Å²) in [6.45, 7) is 2.25. The highest BCUT2D eigenvalue weighted by Gasteiger charge is 2.34. The number of piperidine rings is 1. The van der Waals surface area contributed by atoms with E-state index in [4.69, 9.17) is 0 Å². The molecule has 0 bridgehead atoms. The lowest BCUT2D eigenvalue weighted by atomic mass is 10.0. The number of alkyl halides is 3. The zero-order chi connectivity index (χ0) is 15.6. The Morgan fingerprint density at radius 1 is 1.24 bits per heavy atom. The van der Waals surface area contributed by atoms with Crippen molar-refractivity contribution in [2.75, 3.05) is 27.2 Å². The van der Waals surface area contributed by atoms with Gasteiger partial charge in [-0.1, -0.05) is 6.07 Å². The third kappa shape index (κ3) is 4.11. The van der Waals surface area contributed by atoms with Gasteiger partial charge in [0.2, 0.25) is 0 Å². The molecule has 1 heterocycles. The summed E-state index contributed by atoms with van der Waals surface area (Å²) in [5.41, 5.74) is -0.369. The Kier molecular flexibility index (Phi) is 4.78. The maximum Gasteiger partial charge on any atom is 0.419 e. The maximum absolute atomic E-state index is 12.8. The molecule has 0 amide bonds. The fraction of sp³-hybridized carbons (Fsp3) is 0.600. The van der Waals surface area contributed by atoms with Crippen molar-refractivity contribution in [1.29, 1.82) is 0 Å². The average Bonchev–Trinajstić information content (AvgIpc) is 2.40. The molecule has 2 rings (SSSR count). The Labute approximate surface area is 123 Å². The molecule has 1 saturated heterocycles. The zero-order valence-electron chi connectivity index (χ0n) is 12.3. The summed E-state index contributed by atoms with van der Waals surface area (Å²) in [5.74, 6) is -0.711. The average molecular weight is 302 g/mol. The first-order valence-corrected chi connectivity index (χ1v) is 7.05. The van der Waals surface area contributed by atoms with Gasteiger partial charge in [0.25, 0.3) is 0 Å². The molecule has 0 radical (unpaired) electrons. The number of hydrogen-bond acceptors (Lipinski definition) is 3. The van der Waals surface area contributed by atoms with Gasteiger partial charge in [0.15, 0.2) is 0 Å². The summed E-state index contributed by atoms with van der Waals surface area (Å²) in [5, 5.41) is 9.33. The number of hydrogen-bond donors (Lipinski definition) is 1. The first-order valence-electron chi connectivity index (χ1n) is 7.05. The lowest BCUT2D eigenvalue weighted by Crippen LogP contribution is -2.41. The minimum atomic E-state index is -4.52. The Balaban J connectivity index is 2.01. The van der Waals surface area contributed by atoms with Crippen molar-refractivity contribution in [2.24, 2.45) is 0 Å². The van der Waals surface area contributed by atoms with Crippen LogP contribution in [-0.2, 0) is 12.7 Å². The number of phenolic OH excluding ortho intramolecular Hbond substituents is 1. The van der Waals surface area contributed by atoms with Crippen molar-refractivity contribution in [3.63, 3.8) is 0 Å². The Hall–Kier alpha value is -1.27. The maximum atomic E-state index is 12.8. The molecule has 0 aliphatic carbocycles. The molecule has 0 saturated carbocycles. The number of nitrogens with zero attached hydrogens (tertiary/aromatic N) is 2. The molecule has 1 aliphatic heterocycles. The molecule has 1 aromatic rings. The minimum Gasteiger partial charge on any atom is -0.507 e. The SMILES string of the molecule is CN(C)C1CCN(Cc2ccc(O)c(C(F)(F)F)c2)CC1. The summed E-state index contributed by atoms with van der Waals surface area (Å²) in [7, 11) is 4.10. The van der Waals surface area contributed by atoms with E-state index in [9.17, 15) is 18.3 Å². The van der Waals surface area contributed by atoms with E-state index in [2.05, 4.69) is 23.9 Å². The fourth-order valence-corrected chi connectivity index (χ4v) is 2.76. The van der Waals surface area contributed by atoms with Crippen LogP contribution in [0.15, 0.2) is 18.2 Å². The van der Waals surface area contributed by atoms with Crippen molar-refractivity contribution in [3.05, 3.63) is 29.3 Å². The molecule has 21 heavy (non-hydrogen) atoms. The second kappa shape index (κ2) is 6.23. The van der Waals surface area contributed by atoms with E-state index in [1.54, 1.807) is 6.07 Å². The van der Waals surface area contributed by atoms with Crippen LogP contribution in [-0.4, -0.2) is 48.1 Å². The van der Waals surface area contributed by atoms with Gasteiger partial charge in [0, 0.05) is 12.6 Å². The van der Waals surface area contributed by atoms with Crippen LogP contribution in [0.3, 0.4) is 0 Å². The zero-order valence-corrected chi connectivity index (χ0v) is 12.3. The number of phenols is 1. The van der Waals surface area contributed by atoms with Gasteiger partial charge in [-0.25, -0.2) is 0 Å². The standard InChI is InChI=1S/C15H21F3N2O/c1-19(2)12-5-7-20(8-6-12)10-11-3-4-14(21)13(9-11)15(16,17)18/h3-4,9,12,21H,5-8,10H2,1-2H3. The summed E-state index contributed by atoms with van der Waals surface area (Å²) in [6, 6.07) is 4.28. The van der Waals surface area contributed by atoms with Gasteiger partial charge in [0.05, 0.1) is 5.56 Å². The number of likely N-dealkylation sites (tertiary alicyclic amines) is 1. The second-order valence-corrected chi connectivity index (χ2v) is 5.82. The molecule has 1 aromatic carbocycles. The van der Waals surface area contributed by atoms with Crippen LogP contribution in [0.5, 0.6) is 5.75 Å². The van der Waals surface area contributed by atoms with Gasteiger partial charge in [0.1, 0.15) is 5.75 Å². The normalized spacial score (nSPS) is 18.4. The van der Waals surface area contributed by atoms with Gasteiger partial charge in [-0.3, -0.25) is 4.90 Å². The Bertz CT molecular complexity index is 480. The molecule has 0 spiro atoms. The molecule has 6 heteroatoms. The van der Waals surface area contributed by atoms with Gasteiger partial charge in [-0.05, 0) is 57.7 Å².